The molecule has 1 heterocycles. The molecule has 5 nitrogen and oxygen atoms in total. The minimum Gasteiger partial charge on any atom is -0.391 e. The van der Waals surface area contributed by atoms with Crippen molar-refractivity contribution in [2.24, 2.45) is 0 Å². The number of alkyl halides is 1. The third kappa shape index (κ3) is 2.76. The van der Waals surface area contributed by atoms with Gasteiger partial charge in [-0.2, -0.15) is 0 Å². The average molecular weight is 238 g/mol. The molecular weight excluding hydrogens is 226 g/mol. The second kappa shape index (κ2) is 5.43. The van der Waals surface area contributed by atoms with Crippen molar-refractivity contribution in [3.05, 3.63) is 10.5 Å². The molecule has 0 aliphatic rings. The molecule has 0 aliphatic carbocycles. The van der Waals surface area contributed by atoms with Gasteiger partial charge in [-0.25, -0.2) is 9.89 Å². The molecule has 0 bridgehead atoms. The lowest BCUT2D eigenvalue weighted by Crippen LogP contribution is -2.17. The molecule has 0 aromatic carbocycles. The van der Waals surface area contributed by atoms with E-state index in [0.717, 1.165) is 0 Å². The molecule has 0 spiro atoms. The van der Waals surface area contributed by atoms with Gasteiger partial charge in [-0.05, 0) is 6.92 Å². The fourth-order valence-electron chi connectivity index (χ4n) is 0.908. The van der Waals surface area contributed by atoms with Crippen molar-refractivity contribution in [3.63, 3.8) is 0 Å². The van der Waals surface area contributed by atoms with Crippen molar-refractivity contribution < 1.29 is 5.11 Å². The number of H-pyrrole nitrogens is 1. The number of nitrogens with one attached hydrogen (secondary N) is 1. The lowest BCUT2D eigenvalue weighted by molar-refractivity contribution is 0.223. The van der Waals surface area contributed by atoms with Crippen LogP contribution >= 0.6 is 23.4 Å². The monoisotopic (exact) mass is 237 g/mol. The number of nitrogens with zero attached hydrogens (tertiary/aromatic N) is 2. The Balaban J connectivity index is 2.62. The average Bonchev–Trinajstić information content (AvgIpc) is 2.55. The summed E-state index contributed by atoms with van der Waals surface area (Å²) in [5, 5.41) is 16.0. The van der Waals surface area contributed by atoms with Crippen LogP contribution < -0.4 is 5.69 Å². The van der Waals surface area contributed by atoms with E-state index >= 15 is 0 Å². The van der Waals surface area contributed by atoms with Crippen molar-refractivity contribution >= 4 is 23.4 Å². The molecule has 80 valence electrons. The van der Waals surface area contributed by atoms with E-state index in [-0.39, 0.29) is 11.6 Å². The zero-order valence-electron chi connectivity index (χ0n) is 7.73. The normalized spacial score (nSPS) is 13.1. The van der Waals surface area contributed by atoms with Gasteiger partial charge in [0.2, 0.25) is 0 Å². The lowest BCUT2D eigenvalue weighted by atomic mass is 10.5. The summed E-state index contributed by atoms with van der Waals surface area (Å²) in [5.74, 6) is 0.627. The van der Waals surface area contributed by atoms with Crippen molar-refractivity contribution in [1.29, 1.82) is 0 Å². The van der Waals surface area contributed by atoms with Crippen molar-refractivity contribution in [3.8, 4) is 0 Å². The maximum absolute atomic E-state index is 11.1. The van der Waals surface area contributed by atoms with E-state index in [1.54, 1.807) is 0 Å². The molecule has 1 aromatic heterocycles. The molecule has 1 rings (SSSR count). The topological polar surface area (TPSA) is 70.9 Å². The Kier molecular flexibility index (Phi) is 4.50. The van der Waals surface area contributed by atoms with Gasteiger partial charge >= 0.3 is 5.69 Å². The first-order valence-corrected chi connectivity index (χ1v) is 5.73. The zero-order chi connectivity index (χ0) is 10.6. The molecular formula is C7H12ClN3O2S. The fraction of sp³-hybridized carbons (Fsp3) is 0.714. The largest absolute Gasteiger partial charge is 0.391 e. The molecule has 0 saturated heterocycles. The van der Waals surface area contributed by atoms with Crippen LogP contribution in [0.15, 0.2) is 9.95 Å². The number of thioether (sulfide) groups is 1. The fourth-order valence-corrected chi connectivity index (χ4v) is 2.08. The van der Waals surface area contributed by atoms with Gasteiger partial charge in [-0.3, -0.25) is 4.57 Å². The summed E-state index contributed by atoms with van der Waals surface area (Å²) >= 11 is 6.75. The number of aromatic amines is 1. The molecule has 0 saturated carbocycles. The van der Waals surface area contributed by atoms with Gasteiger partial charge < -0.3 is 5.11 Å². The highest BCUT2D eigenvalue weighted by Gasteiger charge is 2.09. The Bertz CT molecular complexity index is 338. The van der Waals surface area contributed by atoms with Crippen molar-refractivity contribution in [2.45, 2.75) is 24.7 Å². The van der Waals surface area contributed by atoms with Gasteiger partial charge in [-0.1, -0.05) is 11.8 Å². The number of halogens is 1. The Morgan fingerprint density at radius 3 is 3.07 bits per heavy atom. The van der Waals surface area contributed by atoms with Crippen LogP contribution in [0, 0.1) is 0 Å². The van der Waals surface area contributed by atoms with Gasteiger partial charge in [0.15, 0.2) is 5.16 Å². The quantitative estimate of drug-likeness (QED) is 0.570. The van der Waals surface area contributed by atoms with Gasteiger partial charge in [0, 0.05) is 18.2 Å². The van der Waals surface area contributed by atoms with E-state index in [0.29, 0.717) is 17.5 Å². The van der Waals surface area contributed by atoms with E-state index < -0.39 is 6.10 Å². The highest BCUT2D eigenvalue weighted by molar-refractivity contribution is 7.99. The van der Waals surface area contributed by atoms with Gasteiger partial charge in [0.25, 0.3) is 0 Å². The van der Waals surface area contributed by atoms with Crippen molar-refractivity contribution in [2.75, 3.05) is 11.6 Å². The third-order valence-electron chi connectivity index (χ3n) is 1.62. The van der Waals surface area contributed by atoms with Gasteiger partial charge in [0.05, 0.1) is 6.10 Å². The molecule has 1 unspecified atom stereocenters. The van der Waals surface area contributed by atoms with Crippen LogP contribution in [-0.4, -0.2) is 37.6 Å². The Morgan fingerprint density at radius 2 is 2.50 bits per heavy atom. The van der Waals surface area contributed by atoms with Gasteiger partial charge in [-0.15, -0.1) is 16.7 Å². The number of aliphatic hydroxyl groups excluding tert-OH is 1. The van der Waals surface area contributed by atoms with Crippen LogP contribution in [0.3, 0.4) is 0 Å². The van der Waals surface area contributed by atoms with Crippen LogP contribution in [0.4, 0.5) is 0 Å². The minimum absolute atomic E-state index is 0.188. The first-order chi connectivity index (χ1) is 6.69. The lowest BCUT2D eigenvalue weighted by Gasteiger charge is -2.05. The Labute approximate surface area is 90.5 Å². The van der Waals surface area contributed by atoms with E-state index in [4.69, 9.17) is 11.6 Å². The highest BCUT2D eigenvalue weighted by atomic mass is 35.5. The standard InChI is InChI=1S/C7H12ClN3O2S/c1-2-11-6(13)9-10-7(11)14-4-5(12)3-8/h5,12H,2-4H2,1H3,(H,9,13). The molecule has 0 fully saturated rings. The first kappa shape index (κ1) is 11.6. The van der Waals surface area contributed by atoms with E-state index in [1.807, 2.05) is 6.92 Å². The van der Waals surface area contributed by atoms with E-state index in [1.165, 1.54) is 16.3 Å². The number of aromatic nitrogens is 3. The Morgan fingerprint density at radius 1 is 1.79 bits per heavy atom. The summed E-state index contributed by atoms with van der Waals surface area (Å²) in [6.45, 7) is 2.42. The SMILES string of the molecule is CCn1c(SCC(O)CCl)n[nH]c1=O. The Hall–Kier alpha value is -0.460. The van der Waals surface area contributed by atoms with Crippen LogP contribution in [0.5, 0.6) is 0 Å². The molecule has 0 amide bonds. The van der Waals surface area contributed by atoms with Crippen LogP contribution in [0.25, 0.3) is 0 Å². The summed E-state index contributed by atoms with van der Waals surface area (Å²) in [6.07, 6.45) is -0.571. The summed E-state index contributed by atoms with van der Waals surface area (Å²) < 4.78 is 1.51. The first-order valence-electron chi connectivity index (χ1n) is 4.21. The minimum atomic E-state index is -0.571. The predicted octanol–water partition coefficient (Wildman–Crippen LogP) is 0.283. The smallest absolute Gasteiger partial charge is 0.343 e. The molecule has 14 heavy (non-hydrogen) atoms. The van der Waals surface area contributed by atoms with Crippen LogP contribution in [0.2, 0.25) is 0 Å². The summed E-state index contributed by atoms with van der Waals surface area (Å²) in [5.41, 5.74) is -0.227. The molecule has 0 radical (unpaired) electrons. The second-order valence-corrected chi connectivity index (χ2v) is 3.97. The molecule has 7 heteroatoms. The highest BCUT2D eigenvalue weighted by Crippen LogP contribution is 2.14. The molecule has 2 N–H and O–H groups in total. The van der Waals surface area contributed by atoms with E-state index in [2.05, 4.69) is 10.2 Å². The zero-order valence-corrected chi connectivity index (χ0v) is 9.31. The maximum atomic E-state index is 11.1. The van der Waals surface area contributed by atoms with Crippen LogP contribution in [-0.2, 0) is 6.54 Å². The molecule has 1 aromatic rings. The summed E-state index contributed by atoms with van der Waals surface area (Å²) in [7, 11) is 0. The number of aliphatic hydroxyl groups is 1. The number of hydrogen-bond acceptors (Lipinski definition) is 4. The number of hydrogen-bond donors (Lipinski definition) is 2. The van der Waals surface area contributed by atoms with Crippen molar-refractivity contribution in [1.82, 2.24) is 14.8 Å². The summed E-state index contributed by atoms with van der Waals surface area (Å²) in [6, 6.07) is 0. The van der Waals surface area contributed by atoms with Crippen LogP contribution in [0.1, 0.15) is 6.92 Å². The molecule has 1 atom stereocenters. The van der Waals surface area contributed by atoms with Gasteiger partial charge in [0.1, 0.15) is 0 Å². The summed E-state index contributed by atoms with van der Waals surface area (Å²) in [4.78, 5) is 11.1. The maximum Gasteiger partial charge on any atom is 0.343 e. The third-order valence-corrected chi connectivity index (χ3v) is 3.10. The predicted molar refractivity (Wildman–Crippen MR) is 56.0 cm³/mol. The second-order valence-electron chi connectivity index (χ2n) is 2.67. The number of rotatable bonds is 5. The van der Waals surface area contributed by atoms with E-state index in [9.17, 15) is 9.90 Å². The molecule has 0 aliphatic heterocycles.